The minimum atomic E-state index is -0.266. The summed E-state index contributed by atoms with van der Waals surface area (Å²) in [5.74, 6) is 0.578. The first-order valence-electron chi connectivity index (χ1n) is 9.49. The fourth-order valence-electron chi connectivity index (χ4n) is 3.18. The molecule has 3 rings (SSSR count). The lowest BCUT2D eigenvalue weighted by molar-refractivity contribution is -0.120. The van der Waals surface area contributed by atoms with Gasteiger partial charge in [0.1, 0.15) is 5.03 Å². The van der Waals surface area contributed by atoms with Gasteiger partial charge in [0, 0.05) is 24.5 Å². The van der Waals surface area contributed by atoms with Crippen molar-refractivity contribution in [2.75, 3.05) is 23.7 Å². The Morgan fingerprint density at radius 1 is 1.14 bits per heavy atom. The van der Waals surface area contributed by atoms with Crippen LogP contribution in [0.25, 0.3) is 0 Å². The maximum Gasteiger partial charge on any atom is 0.322 e. The highest BCUT2D eigenvalue weighted by molar-refractivity contribution is 7.99. The third-order valence-corrected chi connectivity index (χ3v) is 5.61. The Hall–Kier alpha value is -2.54. The standard InChI is InChI=1S/C21H26N4O2S/c1-4-16-5-7-17(8-6-16)12-22-18(26)13-23-21(27)25-9-10-28-20-19(25)14(2)11-15(3)24-20/h5-8,11H,4,9-10,12-13H2,1-3H3,(H,22,26)(H,23,27). The van der Waals surface area contributed by atoms with Crippen LogP contribution in [0, 0.1) is 13.8 Å². The first kappa shape index (κ1) is 20.2. The van der Waals surface area contributed by atoms with Crippen LogP contribution in [-0.2, 0) is 17.8 Å². The molecule has 0 bridgehead atoms. The van der Waals surface area contributed by atoms with Crippen molar-refractivity contribution >= 4 is 29.4 Å². The summed E-state index contributed by atoms with van der Waals surface area (Å²) < 4.78 is 0. The Kier molecular flexibility index (Phi) is 6.57. The number of anilines is 1. The van der Waals surface area contributed by atoms with E-state index in [1.807, 2.05) is 32.0 Å². The van der Waals surface area contributed by atoms with Gasteiger partial charge in [0.15, 0.2) is 0 Å². The molecule has 2 aromatic rings. The van der Waals surface area contributed by atoms with Gasteiger partial charge >= 0.3 is 6.03 Å². The van der Waals surface area contributed by atoms with E-state index in [1.165, 1.54) is 5.56 Å². The van der Waals surface area contributed by atoms with Gasteiger partial charge in [-0.1, -0.05) is 31.2 Å². The summed E-state index contributed by atoms with van der Waals surface area (Å²) in [6.45, 7) is 7.04. The number of nitrogens with one attached hydrogen (secondary N) is 2. The molecule has 0 spiro atoms. The number of carbonyl (C=O) groups is 2. The lowest BCUT2D eigenvalue weighted by Crippen LogP contribution is -2.46. The molecule has 0 radical (unpaired) electrons. The molecule has 6 nitrogen and oxygen atoms in total. The molecule has 0 fully saturated rings. The van der Waals surface area contributed by atoms with Crippen LogP contribution in [0.1, 0.15) is 29.3 Å². The fourth-order valence-corrected chi connectivity index (χ4v) is 4.26. The fraction of sp³-hybridized carbons (Fsp3) is 0.381. The van der Waals surface area contributed by atoms with Crippen LogP contribution in [0.3, 0.4) is 0 Å². The summed E-state index contributed by atoms with van der Waals surface area (Å²) in [5.41, 5.74) is 5.11. The Balaban J connectivity index is 1.54. The minimum absolute atomic E-state index is 0.0524. The van der Waals surface area contributed by atoms with Crippen LogP contribution in [0.5, 0.6) is 0 Å². The summed E-state index contributed by atoms with van der Waals surface area (Å²) in [6, 6.07) is 9.86. The summed E-state index contributed by atoms with van der Waals surface area (Å²) in [5, 5.41) is 6.45. The number of nitrogens with zero attached hydrogens (tertiary/aromatic N) is 2. The molecule has 1 aliphatic rings. The molecular formula is C21H26N4O2S. The van der Waals surface area contributed by atoms with E-state index >= 15 is 0 Å². The van der Waals surface area contributed by atoms with Crippen LogP contribution in [0.4, 0.5) is 10.5 Å². The zero-order valence-corrected chi connectivity index (χ0v) is 17.4. The van der Waals surface area contributed by atoms with Gasteiger partial charge in [-0.15, -0.1) is 11.8 Å². The van der Waals surface area contributed by atoms with Crippen molar-refractivity contribution in [3.8, 4) is 0 Å². The summed E-state index contributed by atoms with van der Waals surface area (Å²) >= 11 is 1.66. The third kappa shape index (κ3) is 4.84. The van der Waals surface area contributed by atoms with Crippen LogP contribution >= 0.6 is 11.8 Å². The quantitative estimate of drug-likeness (QED) is 0.811. The van der Waals surface area contributed by atoms with E-state index in [1.54, 1.807) is 16.7 Å². The number of thioether (sulfide) groups is 1. The molecule has 1 aliphatic heterocycles. The third-order valence-electron chi connectivity index (χ3n) is 4.67. The summed E-state index contributed by atoms with van der Waals surface area (Å²) in [4.78, 5) is 31.0. The second-order valence-electron chi connectivity index (χ2n) is 6.84. The maximum absolute atomic E-state index is 12.6. The number of hydrogen-bond donors (Lipinski definition) is 2. The van der Waals surface area contributed by atoms with E-state index in [-0.39, 0.29) is 18.5 Å². The van der Waals surface area contributed by atoms with Gasteiger partial charge in [-0.25, -0.2) is 9.78 Å². The van der Waals surface area contributed by atoms with Crippen LogP contribution in [0.15, 0.2) is 35.4 Å². The Morgan fingerprint density at radius 3 is 2.57 bits per heavy atom. The topological polar surface area (TPSA) is 74.3 Å². The normalized spacial score (nSPS) is 13.0. The molecule has 0 aliphatic carbocycles. The second-order valence-corrected chi connectivity index (χ2v) is 7.92. The number of benzene rings is 1. The van der Waals surface area contributed by atoms with Crippen molar-refractivity contribution < 1.29 is 9.59 Å². The van der Waals surface area contributed by atoms with Crippen LogP contribution < -0.4 is 15.5 Å². The molecule has 0 unspecified atom stereocenters. The largest absolute Gasteiger partial charge is 0.350 e. The molecule has 3 amide bonds. The van der Waals surface area contributed by atoms with Crippen molar-refractivity contribution in [2.45, 2.75) is 38.8 Å². The van der Waals surface area contributed by atoms with Crippen molar-refractivity contribution in [3.63, 3.8) is 0 Å². The highest BCUT2D eigenvalue weighted by Crippen LogP contribution is 2.36. The lowest BCUT2D eigenvalue weighted by atomic mass is 10.1. The molecule has 2 N–H and O–H groups in total. The Morgan fingerprint density at radius 2 is 1.86 bits per heavy atom. The first-order chi connectivity index (χ1) is 13.5. The second kappa shape index (κ2) is 9.10. The molecule has 0 saturated heterocycles. The van der Waals surface area contributed by atoms with Gasteiger partial charge in [-0.2, -0.15) is 0 Å². The molecule has 1 aromatic carbocycles. The van der Waals surface area contributed by atoms with E-state index in [0.717, 1.165) is 39.7 Å². The van der Waals surface area contributed by atoms with E-state index < -0.39 is 0 Å². The van der Waals surface area contributed by atoms with E-state index in [9.17, 15) is 9.59 Å². The molecular weight excluding hydrogens is 372 g/mol. The van der Waals surface area contributed by atoms with Crippen LogP contribution in [-0.4, -0.2) is 35.8 Å². The molecule has 28 heavy (non-hydrogen) atoms. The molecule has 2 heterocycles. The number of carbonyl (C=O) groups excluding carboxylic acids is 2. The predicted octanol–water partition coefficient (Wildman–Crippen LogP) is 3.20. The number of amides is 3. The van der Waals surface area contributed by atoms with Gasteiger partial charge in [0.05, 0.1) is 12.2 Å². The predicted molar refractivity (Wildman–Crippen MR) is 113 cm³/mol. The van der Waals surface area contributed by atoms with Crippen molar-refractivity contribution in [2.24, 2.45) is 0 Å². The summed E-state index contributed by atoms with van der Waals surface area (Å²) in [7, 11) is 0. The highest BCUT2D eigenvalue weighted by Gasteiger charge is 2.26. The Labute approximate surface area is 170 Å². The van der Waals surface area contributed by atoms with Gasteiger partial charge in [0.25, 0.3) is 0 Å². The number of fused-ring (bicyclic) bond motifs is 1. The number of urea groups is 1. The average molecular weight is 399 g/mol. The minimum Gasteiger partial charge on any atom is -0.350 e. The first-order valence-corrected chi connectivity index (χ1v) is 10.5. The monoisotopic (exact) mass is 398 g/mol. The van der Waals surface area contributed by atoms with E-state index in [2.05, 4.69) is 34.7 Å². The molecule has 0 atom stereocenters. The van der Waals surface area contributed by atoms with Gasteiger partial charge < -0.3 is 10.6 Å². The summed E-state index contributed by atoms with van der Waals surface area (Å²) in [6.07, 6.45) is 0.991. The van der Waals surface area contributed by atoms with E-state index in [0.29, 0.717) is 13.1 Å². The highest BCUT2D eigenvalue weighted by atomic mass is 32.2. The van der Waals surface area contributed by atoms with E-state index in [4.69, 9.17) is 0 Å². The number of rotatable bonds is 5. The van der Waals surface area contributed by atoms with Crippen LogP contribution in [0.2, 0.25) is 0 Å². The zero-order valence-electron chi connectivity index (χ0n) is 16.5. The van der Waals surface area contributed by atoms with Gasteiger partial charge in [0.2, 0.25) is 5.91 Å². The SMILES string of the molecule is CCc1ccc(CNC(=O)CNC(=O)N2CCSc3nc(C)cc(C)c32)cc1. The van der Waals surface area contributed by atoms with Crippen molar-refractivity contribution in [1.29, 1.82) is 0 Å². The van der Waals surface area contributed by atoms with Gasteiger partial charge in [-0.05, 0) is 43.0 Å². The molecule has 7 heteroatoms. The smallest absolute Gasteiger partial charge is 0.322 e. The number of pyridine rings is 1. The number of hydrogen-bond acceptors (Lipinski definition) is 4. The molecule has 1 aromatic heterocycles. The van der Waals surface area contributed by atoms with Crippen molar-refractivity contribution in [1.82, 2.24) is 15.6 Å². The number of aromatic nitrogens is 1. The average Bonchev–Trinajstić information content (AvgIpc) is 2.70. The Bertz CT molecular complexity index is 867. The lowest BCUT2D eigenvalue weighted by Gasteiger charge is -2.30. The zero-order chi connectivity index (χ0) is 20.1. The molecule has 148 valence electrons. The maximum atomic E-state index is 12.6. The molecule has 0 saturated carbocycles. The van der Waals surface area contributed by atoms with Gasteiger partial charge in [-0.3, -0.25) is 9.69 Å². The van der Waals surface area contributed by atoms with Crippen molar-refractivity contribution in [3.05, 3.63) is 52.7 Å². The number of aryl methyl sites for hydroxylation is 3.